The van der Waals surface area contributed by atoms with Crippen LogP contribution in [0.1, 0.15) is 38.7 Å². The second-order valence-corrected chi connectivity index (χ2v) is 8.11. The number of anilines is 1. The molecule has 0 saturated heterocycles. The molecule has 1 amide bonds. The number of thioether (sulfide) groups is 1. The molecule has 152 valence electrons. The van der Waals surface area contributed by atoms with Gasteiger partial charge in [-0.25, -0.2) is 0 Å². The number of amides is 1. The third-order valence-electron chi connectivity index (χ3n) is 4.87. The highest BCUT2D eigenvalue weighted by Gasteiger charge is 2.21. The van der Waals surface area contributed by atoms with Crippen molar-refractivity contribution < 1.29 is 9.53 Å². The Kier molecular flexibility index (Phi) is 6.93. The van der Waals surface area contributed by atoms with Crippen LogP contribution in [0.5, 0.6) is 5.75 Å². The number of aromatic nitrogens is 3. The number of hydrogen-bond donors (Lipinski definition) is 1. The average molecular weight is 411 g/mol. The lowest BCUT2D eigenvalue weighted by Gasteiger charge is -2.18. The topological polar surface area (TPSA) is 69.0 Å². The molecule has 0 aliphatic carbocycles. The second-order valence-electron chi connectivity index (χ2n) is 6.80. The van der Waals surface area contributed by atoms with E-state index < -0.39 is 0 Å². The van der Waals surface area contributed by atoms with Gasteiger partial charge in [-0.2, -0.15) is 0 Å². The number of ether oxygens (including phenoxy) is 1. The van der Waals surface area contributed by atoms with Gasteiger partial charge in [0.15, 0.2) is 5.16 Å². The molecule has 0 aliphatic heterocycles. The Bertz CT molecular complexity index is 973. The summed E-state index contributed by atoms with van der Waals surface area (Å²) in [7, 11) is 1.63. The summed E-state index contributed by atoms with van der Waals surface area (Å²) >= 11 is 1.36. The van der Waals surface area contributed by atoms with Crippen LogP contribution in [0.4, 0.5) is 5.69 Å². The van der Waals surface area contributed by atoms with Crippen LogP contribution < -0.4 is 10.1 Å². The van der Waals surface area contributed by atoms with Crippen molar-refractivity contribution in [2.24, 2.45) is 0 Å². The van der Waals surface area contributed by atoms with Crippen LogP contribution in [0.15, 0.2) is 60.0 Å². The number of nitrogens with zero attached hydrogens (tertiary/aromatic N) is 3. The predicted molar refractivity (Wildman–Crippen MR) is 117 cm³/mol. The maximum atomic E-state index is 12.9. The molecule has 1 heterocycles. The van der Waals surface area contributed by atoms with E-state index in [1.165, 1.54) is 11.8 Å². The zero-order valence-electron chi connectivity index (χ0n) is 17.1. The minimum absolute atomic E-state index is 0.0691. The van der Waals surface area contributed by atoms with E-state index in [1.807, 2.05) is 54.0 Å². The molecule has 0 spiro atoms. The van der Waals surface area contributed by atoms with Gasteiger partial charge in [0, 0.05) is 5.69 Å². The van der Waals surface area contributed by atoms with Gasteiger partial charge in [0.05, 0.1) is 18.0 Å². The first kappa shape index (κ1) is 20.9. The van der Waals surface area contributed by atoms with Crippen LogP contribution in [-0.2, 0) is 4.79 Å². The molecule has 0 aliphatic rings. The first-order valence-corrected chi connectivity index (χ1v) is 10.5. The Labute approximate surface area is 175 Å². The molecule has 6 nitrogen and oxygen atoms in total. The largest absolute Gasteiger partial charge is 0.495 e. The number of nitrogens with one attached hydrogen (secondary N) is 1. The molecular weight excluding hydrogens is 384 g/mol. The lowest BCUT2D eigenvalue weighted by atomic mass is 9.97. The number of rotatable bonds is 8. The van der Waals surface area contributed by atoms with Crippen molar-refractivity contribution in [2.45, 2.75) is 43.5 Å². The molecule has 0 radical (unpaired) electrons. The van der Waals surface area contributed by atoms with Gasteiger partial charge in [-0.15, -0.1) is 10.2 Å². The van der Waals surface area contributed by atoms with E-state index in [0.29, 0.717) is 16.8 Å². The molecule has 1 N–H and O–H groups in total. The van der Waals surface area contributed by atoms with Gasteiger partial charge in [-0.05, 0) is 43.0 Å². The highest BCUT2D eigenvalue weighted by Crippen LogP contribution is 2.30. The van der Waals surface area contributed by atoms with Crippen molar-refractivity contribution in [1.29, 1.82) is 0 Å². The van der Waals surface area contributed by atoms with E-state index in [9.17, 15) is 4.79 Å². The van der Waals surface area contributed by atoms with Crippen LogP contribution in [0.25, 0.3) is 5.69 Å². The molecular formula is C22H26N4O2S. The maximum absolute atomic E-state index is 12.9. The average Bonchev–Trinajstić information content (AvgIpc) is 3.21. The van der Waals surface area contributed by atoms with E-state index in [4.69, 9.17) is 4.74 Å². The zero-order valence-corrected chi connectivity index (χ0v) is 17.9. The van der Waals surface area contributed by atoms with E-state index in [-0.39, 0.29) is 11.2 Å². The van der Waals surface area contributed by atoms with Crippen molar-refractivity contribution in [1.82, 2.24) is 14.8 Å². The first-order chi connectivity index (χ1) is 14.0. The van der Waals surface area contributed by atoms with Crippen molar-refractivity contribution >= 4 is 23.4 Å². The summed E-state index contributed by atoms with van der Waals surface area (Å²) in [4.78, 5) is 12.9. The van der Waals surface area contributed by atoms with Gasteiger partial charge >= 0.3 is 0 Å². The number of carbonyl (C=O) groups is 1. The summed E-state index contributed by atoms with van der Waals surface area (Å²) in [6.45, 7) is 6.18. The summed E-state index contributed by atoms with van der Waals surface area (Å²) in [6, 6.07) is 15.6. The molecule has 29 heavy (non-hydrogen) atoms. The number of methoxy groups -OCH3 is 1. The van der Waals surface area contributed by atoms with Gasteiger partial charge < -0.3 is 10.1 Å². The van der Waals surface area contributed by atoms with Gasteiger partial charge in [0.2, 0.25) is 5.91 Å². The van der Waals surface area contributed by atoms with E-state index >= 15 is 0 Å². The van der Waals surface area contributed by atoms with E-state index in [0.717, 1.165) is 23.4 Å². The fourth-order valence-corrected chi connectivity index (χ4v) is 3.84. The maximum Gasteiger partial charge on any atom is 0.237 e. The molecule has 2 aromatic carbocycles. The first-order valence-electron chi connectivity index (χ1n) is 9.65. The molecule has 0 bridgehead atoms. The van der Waals surface area contributed by atoms with Crippen LogP contribution in [-0.4, -0.2) is 33.0 Å². The molecule has 3 rings (SSSR count). The number of carbonyl (C=O) groups excluding carboxylic acids is 1. The monoisotopic (exact) mass is 410 g/mol. The number of benzene rings is 2. The Morgan fingerprint density at radius 3 is 2.66 bits per heavy atom. The molecule has 2 atom stereocenters. The fourth-order valence-electron chi connectivity index (χ4n) is 3.01. The van der Waals surface area contributed by atoms with E-state index in [1.54, 1.807) is 13.4 Å². The SMILES string of the molecule is CC[C@@H](C)c1ccccc1NC(=O)[C@H](C)Sc1nncn1-c1ccccc1OC. The summed E-state index contributed by atoms with van der Waals surface area (Å²) < 4.78 is 7.27. The van der Waals surface area contributed by atoms with Gasteiger partial charge in [-0.1, -0.05) is 55.9 Å². The lowest BCUT2D eigenvalue weighted by Crippen LogP contribution is -2.23. The number of hydrogen-bond acceptors (Lipinski definition) is 5. The minimum atomic E-state index is -0.349. The van der Waals surface area contributed by atoms with Crippen LogP contribution in [0, 0.1) is 0 Å². The van der Waals surface area contributed by atoms with Crippen molar-refractivity contribution in [3.8, 4) is 11.4 Å². The molecule has 1 aromatic heterocycles. The highest BCUT2D eigenvalue weighted by atomic mass is 32.2. The standard InChI is InChI=1S/C22H26N4O2S/c1-5-15(2)17-10-6-7-11-18(17)24-21(27)16(3)29-22-25-23-14-26(22)19-12-8-9-13-20(19)28-4/h6-16H,5H2,1-4H3,(H,24,27)/t15-,16+/m1/s1. The minimum Gasteiger partial charge on any atom is -0.495 e. The lowest BCUT2D eigenvalue weighted by molar-refractivity contribution is -0.115. The van der Waals surface area contributed by atoms with Gasteiger partial charge in [0.25, 0.3) is 0 Å². The Morgan fingerprint density at radius 1 is 1.17 bits per heavy atom. The highest BCUT2D eigenvalue weighted by molar-refractivity contribution is 8.00. The van der Waals surface area contributed by atoms with Crippen molar-refractivity contribution in [2.75, 3.05) is 12.4 Å². The third-order valence-corrected chi connectivity index (χ3v) is 5.93. The predicted octanol–water partition coefficient (Wildman–Crippen LogP) is 4.91. The Morgan fingerprint density at radius 2 is 1.90 bits per heavy atom. The summed E-state index contributed by atoms with van der Waals surface area (Å²) in [5.41, 5.74) is 2.85. The summed E-state index contributed by atoms with van der Waals surface area (Å²) in [6.07, 6.45) is 2.64. The summed E-state index contributed by atoms with van der Waals surface area (Å²) in [5, 5.41) is 11.6. The fraction of sp³-hybridized carbons (Fsp3) is 0.318. The second kappa shape index (κ2) is 9.60. The van der Waals surface area contributed by atoms with E-state index in [2.05, 4.69) is 35.4 Å². The van der Waals surface area contributed by atoms with Crippen molar-refractivity contribution in [3.63, 3.8) is 0 Å². The zero-order chi connectivity index (χ0) is 20.8. The summed E-state index contributed by atoms with van der Waals surface area (Å²) in [5.74, 6) is 1.03. The Balaban J connectivity index is 1.76. The van der Waals surface area contributed by atoms with Crippen molar-refractivity contribution in [3.05, 3.63) is 60.4 Å². The molecule has 3 aromatic rings. The van der Waals surface area contributed by atoms with Crippen LogP contribution >= 0.6 is 11.8 Å². The smallest absolute Gasteiger partial charge is 0.237 e. The van der Waals surface area contributed by atoms with Gasteiger partial charge in [-0.3, -0.25) is 9.36 Å². The van der Waals surface area contributed by atoms with Crippen LogP contribution in [0.3, 0.4) is 0 Å². The van der Waals surface area contributed by atoms with Gasteiger partial charge in [0.1, 0.15) is 12.1 Å². The molecule has 0 saturated carbocycles. The third kappa shape index (κ3) is 4.79. The van der Waals surface area contributed by atoms with Crippen LogP contribution in [0.2, 0.25) is 0 Å². The Hall–Kier alpha value is -2.80. The molecule has 0 unspecified atom stereocenters. The molecule has 7 heteroatoms. The normalized spacial score (nSPS) is 13.0. The quantitative estimate of drug-likeness (QED) is 0.535. The number of para-hydroxylation sites is 3. The molecule has 0 fully saturated rings.